The highest BCUT2D eigenvalue weighted by molar-refractivity contribution is 6.77. The zero-order chi connectivity index (χ0) is 35.4. The lowest BCUT2D eigenvalue weighted by Crippen LogP contribution is -2.52. The van der Waals surface area contributed by atoms with Gasteiger partial charge >= 0.3 is 5.97 Å². The van der Waals surface area contributed by atoms with Crippen molar-refractivity contribution in [3.8, 4) is 0 Å². The highest BCUT2D eigenvalue weighted by Gasteiger charge is 2.57. The van der Waals surface area contributed by atoms with Crippen molar-refractivity contribution in [3.63, 3.8) is 0 Å². The van der Waals surface area contributed by atoms with Crippen molar-refractivity contribution < 1.29 is 28.3 Å². The summed E-state index contributed by atoms with van der Waals surface area (Å²) >= 11 is 0. The molecule has 6 nitrogen and oxygen atoms in total. The highest BCUT2D eigenvalue weighted by Crippen LogP contribution is 2.55. The van der Waals surface area contributed by atoms with Crippen molar-refractivity contribution in [2.75, 3.05) is 13.7 Å². The van der Waals surface area contributed by atoms with E-state index in [4.69, 9.17) is 13.6 Å². The molecule has 2 aliphatic rings. The lowest BCUT2D eigenvalue weighted by molar-refractivity contribution is -0.136. The van der Waals surface area contributed by atoms with Crippen LogP contribution < -0.4 is 0 Å². The Labute approximate surface area is 284 Å². The minimum atomic E-state index is -2.24. The van der Waals surface area contributed by atoms with E-state index in [-0.39, 0.29) is 46.3 Å². The molecule has 0 aromatic rings. The molecular formula is C38H68O6Si2. The minimum Gasteiger partial charge on any atom is -0.465 e. The third kappa shape index (κ3) is 8.82. The van der Waals surface area contributed by atoms with E-state index >= 15 is 0 Å². The zero-order valence-electron chi connectivity index (χ0n) is 31.9. The number of esters is 1. The van der Waals surface area contributed by atoms with Crippen molar-refractivity contribution in [3.05, 3.63) is 34.9 Å². The Morgan fingerprint density at radius 2 is 1.63 bits per heavy atom. The van der Waals surface area contributed by atoms with E-state index in [0.717, 1.165) is 25.9 Å². The molecule has 8 heteroatoms. The van der Waals surface area contributed by atoms with Gasteiger partial charge < -0.3 is 18.7 Å². The molecule has 1 fully saturated rings. The molecular weight excluding hydrogens is 609 g/mol. The first-order valence-corrected chi connectivity index (χ1v) is 22.8. The number of rotatable bonds is 15. The van der Waals surface area contributed by atoms with Gasteiger partial charge in [-0.15, -0.1) is 0 Å². The molecule has 264 valence electrons. The number of allylic oxidation sites excluding steroid dienone is 4. The molecule has 1 N–H and O–H groups in total. The molecule has 0 unspecified atom stereocenters. The fraction of sp³-hybridized carbons (Fsp3) is 0.789. The monoisotopic (exact) mass is 676 g/mol. The zero-order valence-corrected chi connectivity index (χ0v) is 33.9. The molecule has 0 aliphatic heterocycles. The normalized spacial score (nSPS) is 28.2. The molecule has 2 aliphatic carbocycles. The second kappa shape index (κ2) is 16.4. The number of methoxy groups -OCH3 is 1. The molecule has 7 atom stereocenters. The van der Waals surface area contributed by atoms with Gasteiger partial charge in [0.05, 0.1) is 24.9 Å². The Kier molecular flexibility index (Phi) is 14.5. The van der Waals surface area contributed by atoms with Crippen molar-refractivity contribution in [1.82, 2.24) is 0 Å². The Bertz CT molecular complexity index is 1110. The van der Waals surface area contributed by atoms with Gasteiger partial charge in [-0.05, 0) is 79.7 Å². The first kappa shape index (κ1) is 40.8. The summed E-state index contributed by atoms with van der Waals surface area (Å²) in [5, 5.41) is 12.1. The van der Waals surface area contributed by atoms with Gasteiger partial charge in [-0.2, -0.15) is 0 Å². The average molecular weight is 677 g/mol. The summed E-state index contributed by atoms with van der Waals surface area (Å²) in [6.45, 7) is 32.4. The number of carbonyl (C=O) groups is 2. The molecule has 0 bridgehead atoms. The van der Waals surface area contributed by atoms with Crippen LogP contribution >= 0.6 is 0 Å². The summed E-state index contributed by atoms with van der Waals surface area (Å²) < 4.78 is 18.8. The van der Waals surface area contributed by atoms with E-state index in [1.165, 1.54) is 18.3 Å². The van der Waals surface area contributed by atoms with Crippen LogP contribution in [0.1, 0.15) is 102 Å². The smallest absolute Gasteiger partial charge is 0.340 e. The van der Waals surface area contributed by atoms with Crippen LogP contribution in [0.3, 0.4) is 0 Å². The third-order valence-corrected chi connectivity index (χ3v) is 22.5. The fourth-order valence-electron chi connectivity index (χ4n) is 8.24. The number of aliphatic hydroxyl groups excluding tert-OH is 1. The second-order valence-electron chi connectivity index (χ2n) is 16.7. The Hall–Kier alpha value is -1.33. The van der Waals surface area contributed by atoms with Gasteiger partial charge in [0, 0.05) is 24.4 Å². The van der Waals surface area contributed by atoms with Crippen LogP contribution in [-0.4, -0.2) is 59.9 Å². The first-order chi connectivity index (χ1) is 21.2. The largest absolute Gasteiger partial charge is 0.465 e. The van der Waals surface area contributed by atoms with Gasteiger partial charge in [0.2, 0.25) is 8.32 Å². The highest BCUT2D eigenvalue weighted by atomic mass is 28.4. The van der Waals surface area contributed by atoms with E-state index in [0.29, 0.717) is 22.9 Å². The summed E-state index contributed by atoms with van der Waals surface area (Å²) in [6.07, 6.45) is 9.01. The standard InChI is InChI=1S/C38H68O6Si2/c1-24(2)46(25(3)4,26(5)6)44-36-29(9)35(40)34-32(22-30(23-39)37(41)42-13)31(28(8)21-33(34)36)19-18-27(7)17-16-20-43-45(14,15)38(10,11)12/h18,21-26,29,31-36,40H,16-17,19-20H2,1-15H3/b27-18+,30-22+/t29-,31+,32+,33-,34-,35+,36+/m1/s1. The average Bonchev–Trinajstić information content (AvgIpc) is 3.18. The predicted molar refractivity (Wildman–Crippen MR) is 196 cm³/mol. The summed E-state index contributed by atoms with van der Waals surface area (Å²) in [5.74, 6) is -1.05. The van der Waals surface area contributed by atoms with Gasteiger partial charge in [0.1, 0.15) is 0 Å². The molecule has 0 aromatic heterocycles. The van der Waals surface area contributed by atoms with Crippen LogP contribution in [-0.2, 0) is 23.2 Å². The number of hydrogen-bond acceptors (Lipinski definition) is 6. The maximum absolute atomic E-state index is 12.6. The van der Waals surface area contributed by atoms with Gasteiger partial charge in [0.15, 0.2) is 14.6 Å². The van der Waals surface area contributed by atoms with Crippen LogP contribution in [0.4, 0.5) is 0 Å². The van der Waals surface area contributed by atoms with E-state index < -0.39 is 28.7 Å². The molecule has 46 heavy (non-hydrogen) atoms. The van der Waals surface area contributed by atoms with Gasteiger partial charge in [-0.25, -0.2) is 4.79 Å². The number of hydrogen-bond donors (Lipinski definition) is 1. The van der Waals surface area contributed by atoms with Crippen LogP contribution in [0.2, 0.25) is 34.8 Å². The molecule has 2 rings (SSSR count). The van der Waals surface area contributed by atoms with Gasteiger partial charge in [0.25, 0.3) is 0 Å². The number of aliphatic hydroxyl groups is 1. The fourth-order valence-corrected chi connectivity index (χ4v) is 15.0. The van der Waals surface area contributed by atoms with E-state index in [1.807, 2.05) is 0 Å². The summed E-state index contributed by atoms with van der Waals surface area (Å²) in [4.78, 5) is 24.8. The van der Waals surface area contributed by atoms with Crippen molar-refractivity contribution in [2.45, 2.75) is 149 Å². The predicted octanol–water partition coefficient (Wildman–Crippen LogP) is 9.42. The van der Waals surface area contributed by atoms with E-state index in [1.54, 1.807) is 6.08 Å². The maximum atomic E-state index is 12.6. The van der Waals surface area contributed by atoms with Crippen LogP contribution in [0, 0.1) is 29.6 Å². The molecule has 0 radical (unpaired) electrons. The minimum absolute atomic E-state index is 0.00580. The van der Waals surface area contributed by atoms with Crippen LogP contribution in [0.15, 0.2) is 34.9 Å². The lowest BCUT2D eigenvalue weighted by Gasteiger charge is -2.47. The van der Waals surface area contributed by atoms with Crippen LogP contribution in [0.5, 0.6) is 0 Å². The maximum Gasteiger partial charge on any atom is 0.340 e. The number of carbonyl (C=O) groups excluding carboxylic acids is 2. The quantitative estimate of drug-likeness (QED) is 0.0272. The summed E-state index contributed by atoms with van der Waals surface area (Å²) in [6, 6.07) is 0. The third-order valence-electron chi connectivity index (χ3n) is 11.9. The molecule has 0 saturated heterocycles. The van der Waals surface area contributed by atoms with E-state index in [2.05, 4.69) is 108 Å². The number of ether oxygens (including phenoxy) is 1. The Morgan fingerprint density at radius 1 is 1.07 bits per heavy atom. The Balaban J connectivity index is 2.47. The van der Waals surface area contributed by atoms with Crippen molar-refractivity contribution >= 4 is 28.9 Å². The molecule has 0 heterocycles. The second-order valence-corrected chi connectivity index (χ2v) is 26.9. The summed E-state index contributed by atoms with van der Waals surface area (Å²) in [5.41, 5.74) is 3.83. The van der Waals surface area contributed by atoms with Gasteiger partial charge in [-0.3, -0.25) is 4.79 Å². The molecule has 1 saturated carbocycles. The topological polar surface area (TPSA) is 82.1 Å². The van der Waals surface area contributed by atoms with Crippen molar-refractivity contribution in [1.29, 1.82) is 0 Å². The Morgan fingerprint density at radius 3 is 2.11 bits per heavy atom. The molecule has 0 spiro atoms. The molecule has 0 aromatic carbocycles. The van der Waals surface area contributed by atoms with Crippen LogP contribution in [0.25, 0.3) is 0 Å². The van der Waals surface area contributed by atoms with Crippen molar-refractivity contribution in [2.24, 2.45) is 29.6 Å². The van der Waals surface area contributed by atoms with Gasteiger partial charge in [-0.1, -0.05) is 98.6 Å². The number of fused-ring (bicyclic) bond motifs is 1. The summed E-state index contributed by atoms with van der Waals surface area (Å²) in [7, 11) is -2.70. The lowest BCUT2D eigenvalue weighted by atomic mass is 9.66. The first-order valence-electron chi connectivity index (χ1n) is 17.8. The number of aldehydes is 1. The van der Waals surface area contributed by atoms with E-state index in [9.17, 15) is 14.7 Å². The molecule has 0 amide bonds. The SMILES string of the molecule is COC(=O)/C(C=O)=C/[C@@H]1[C@H]2[C@@H](O)[C@@H](C)[C@H](O[Si](C(C)C)(C(C)C)C(C)C)[C@@H]2C=C(C)[C@@H]1C/C=C(\C)CCCO[Si](C)(C)C(C)(C)C.